The van der Waals surface area contributed by atoms with Crippen molar-refractivity contribution in [3.63, 3.8) is 0 Å². The van der Waals surface area contributed by atoms with E-state index >= 15 is 0 Å². The third kappa shape index (κ3) is 7.67. The average molecular weight is 772 g/mol. The molecule has 2 aromatic heterocycles. The lowest BCUT2D eigenvalue weighted by molar-refractivity contribution is 0.156. The molecule has 1 aliphatic rings. The maximum absolute atomic E-state index is 14.3. The van der Waals surface area contributed by atoms with E-state index in [0.717, 1.165) is 5.56 Å². The van der Waals surface area contributed by atoms with Crippen molar-refractivity contribution in [2.75, 3.05) is 39.8 Å². The molecule has 7 rings (SSSR count). The summed E-state index contributed by atoms with van der Waals surface area (Å²) in [6.07, 6.45) is 6.57. The molecule has 15 heteroatoms. The van der Waals surface area contributed by atoms with Crippen molar-refractivity contribution in [3.05, 3.63) is 133 Å². The number of fused-ring (bicyclic) bond motifs is 2. The van der Waals surface area contributed by atoms with Crippen molar-refractivity contribution in [3.8, 4) is 5.75 Å². The molecule has 4 aromatic carbocycles. The molecule has 274 valence electrons. The summed E-state index contributed by atoms with van der Waals surface area (Å²) < 4.78 is 90.2. The SMILES string of the molecule is CN(C(Cc1ccc(OS(=O)(=O)c2cccc3cnccc23)cc1)CN1CCN(S(=O)(=O)c2ccccc2)CC1)S(=O)(=O)c1cccc2cnccc12. The van der Waals surface area contributed by atoms with Crippen LogP contribution in [0.2, 0.25) is 0 Å². The minimum atomic E-state index is -4.18. The molecule has 0 N–H and O–H groups in total. The van der Waals surface area contributed by atoms with Crippen LogP contribution in [0.4, 0.5) is 0 Å². The van der Waals surface area contributed by atoms with Gasteiger partial charge in [-0.25, -0.2) is 16.8 Å². The monoisotopic (exact) mass is 771 g/mol. The van der Waals surface area contributed by atoms with Crippen LogP contribution in [-0.4, -0.2) is 94.5 Å². The molecule has 3 heterocycles. The first-order chi connectivity index (χ1) is 25.4. The molecule has 12 nitrogen and oxygen atoms in total. The second kappa shape index (κ2) is 14.9. The predicted octanol–water partition coefficient (Wildman–Crippen LogP) is 4.79. The number of hydrogen-bond acceptors (Lipinski definition) is 10. The largest absolute Gasteiger partial charge is 0.379 e. The molecule has 1 unspecified atom stereocenters. The average Bonchev–Trinajstić information content (AvgIpc) is 3.18. The lowest BCUT2D eigenvalue weighted by Crippen LogP contribution is -2.53. The van der Waals surface area contributed by atoms with Crippen molar-refractivity contribution in [1.29, 1.82) is 0 Å². The number of piperazine rings is 1. The van der Waals surface area contributed by atoms with E-state index < -0.39 is 36.2 Å². The number of nitrogens with zero attached hydrogens (tertiary/aromatic N) is 5. The Labute approximate surface area is 309 Å². The summed E-state index contributed by atoms with van der Waals surface area (Å²) in [6, 6.07) is 27.5. The molecule has 0 bridgehead atoms. The topological polar surface area (TPSA) is 147 Å². The molecule has 53 heavy (non-hydrogen) atoms. The summed E-state index contributed by atoms with van der Waals surface area (Å²) in [6.45, 7) is 1.65. The number of hydrogen-bond donors (Lipinski definition) is 0. The van der Waals surface area contributed by atoms with E-state index in [9.17, 15) is 25.3 Å². The Kier molecular flexibility index (Phi) is 10.3. The summed E-state index contributed by atoms with van der Waals surface area (Å²) in [5.74, 6) is 0.109. The Morgan fingerprint density at radius 3 is 1.89 bits per heavy atom. The minimum Gasteiger partial charge on any atom is -0.379 e. The lowest BCUT2D eigenvalue weighted by Gasteiger charge is -2.38. The van der Waals surface area contributed by atoms with Crippen LogP contribution >= 0.6 is 0 Å². The van der Waals surface area contributed by atoms with Crippen LogP contribution in [0.1, 0.15) is 5.56 Å². The highest BCUT2D eigenvalue weighted by Gasteiger charge is 2.34. The normalized spacial score (nSPS) is 15.5. The number of likely N-dealkylation sites (N-methyl/N-ethyl adjacent to an activating group) is 1. The van der Waals surface area contributed by atoms with Crippen LogP contribution in [0, 0.1) is 0 Å². The van der Waals surface area contributed by atoms with E-state index in [-0.39, 0.29) is 39.9 Å². The van der Waals surface area contributed by atoms with Crippen molar-refractivity contribution in [1.82, 2.24) is 23.5 Å². The quantitative estimate of drug-likeness (QED) is 0.159. The van der Waals surface area contributed by atoms with Crippen LogP contribution in [0.15, 0.2) is 143 Å². The molecule has 0 spiro atoms. The number of rotatable bonds is 12. The molecule has 1 fully saturated rings. The Hall–Kier alpha value is -4.77. The third-order valence-electron chi connectivity index (χ3n) is 9.50. The highest BCUT2D eigenvalue weighted by Crippen LogP contribution is 2.29. The highest BCUT2D eigenvalue weighted by molar-refractivity contribution is 7.89. The van der Waals surface area contributed by atoms with Crippen molar-refractivity contribution in [2.24, 2.45) is 0 Å². The Balaban J connectivity index is 1.13. The second-order valence-electron chi connectivity index (χ2n) is 12.8. The van der Waals surface area contributed by atoms with Gasteiger partial charge in [0.2, 0.25) is 20.0 Å². The van der Waals surface area contributed by atoms with E-state index in [2.05, 4.69) is 14.9 Å². The molecule has 6 aromatic rings. The van der Waals surface area contributed by atoms with E-state index in [1.807, 2.05) is 6.07 Å². The maximum Gasteiger partial charge on any atom is 0.339 e. The third-order valence-corrected chi connectivity index (χ3v) is 14.7. The zero-order valence-electron chi connectivity index (χ0n) is 28.8. The first kappa shape index (κ1) is 36.6. The second-order valence-corrected chi connectivity index (χ2v) is 18.2. The summed E-state index contributed by atoms with van der Waals surface area (Å²) in [5, 5.41) is 2.40. The van der Waals surface area contributed by atoms with Crippen molar-refractivity contribution >= 4 is 51.7 Å². The molecule has 0 amide bonds. The Morgan fingerprint density at radius 1 is 0.679 bits per heavy atom. The Morgan fingerprint density at radius 2 is 1.26 bits per heavy atom. The van der Waals surface area contributed by atoms with Gasteiger partial charge in [0.25, 0.3) is 0 Å². The summed E-state index contributed by atoms with van der Waals surface area (Å²) in [4.78, 5) is 10.7. The fraction of sp³-hybridized carbons (Fsp3) is 0.211. The smallest absolute Gasteiger partial charge is 0.339 e. The Bertz CT molecular complexity index is 2570. The fourth-order valence-corrected chi connectivity index (χ4v) is 10.8. The van der Waals surface area contributed by atoms with Crippen LogP contribution in [-0.2, 0) is 36.6 Å². The standard InChI is InChI=1S/C38H37N5O7S3/c1-41(52(46,47)37-11-5-7-30-26-39-19-17-35(30)37)32(28-42-21-23-43(24-22-42)51(44,45)34-9-3-2-4-10-34)25-29-13-15-33(16-14-29)50-53(48,49)38-12-6-8-31-27-40-20-18-36(31)38/h2-20,26-27,32H,21-25,28H2,1H3. The van der Waals surface area contributed by atoms with Gasteiger partial charge in [0.15, 0.2) is 0 Å². The summed E-state index contributed by atoms with van der Waals surface area (Å²) in [5.41, 5.74) is 0.755. The zero-order chi connectivity index (χ0) is 37.2. The van der Waals surface area contributed by atoms with Crippen LogP contribution < -0.4 is 4.18 Å². The van der Waals surface area contributed by atoms with Crippen LogP contribution in [0.3, 0.4) is 0 Å². The van der Waals surface area contributed by atoms with Crippen molar-refractivity contribution < 1.29 is 29.4 Å². The fourth-order valence-electron chi connectivity index (χ4n) is 6.60. The van der Waals surface area contributed by atoms with Crippen molar-refractivity contribution in [2.45, 2.75) is 27.1 Å². The predicted molar refractivity (Wildman–Crippen MR) is 202 cm³/mol. The van der Waals surface area contributed by atoms with Gasteiger partial charge < -0.3 is 4.18 Å². The van der Waals surface area contributed by atoms with Gasteiger partial charge in [0.05, 0.1) is 9.79 Å². The lowest BCUT2D eigenvalue weighted by atomic mass is 10.1. The molecule has 1 saturated heterocycles. The summed E-state index contributed by atoms with van der Waals surface area (Å²) >= 11 is 0. The number of pyridine rings is 2. The van der Waals surface area contributed by atoms with Gasteiger partial charge in [0.1, 0.15) is 10.6 Å². The van der Waals surface area contributed by atoms with Gasteiger partial charge in [-0.3, -0.25) is 14.9 Å². The molecule has 0 aliphatic carbocycles. The first-order valence-electron chi connectivity index (χ1n) is 16.9. The first-order valence-corrected chi connectivity index (χ1v) is 21.2. The van der Waals surface area contributed by atoms with Gasteiger partial charge in [-0.2, -0.15) is 17.0 Å². The summed E-state index contributed by atoms with van der Waals surface area (Å²) in [7, 11) is -10.3. The number of sulfonamides is 2. The molecule has 1 atom stereocenters. The molecular weight excluding hydrogens is 735 g/mol. The molecule has 0 saturated carbocycles. The van der Waals surface area contributed by atoms with Gasteiger partial charge in [0, 0.05) is 92.1 Å². The zero-order valence-corrected chi connectivity index (χ0v) is 31.2. The molecular formula is C38H37N5O7S3. The highest BCUT2D eigenvalue weighted by atomic mass is 32.2. The van der Waals surface area contributed by atoms with Gasteiger partial charge in [-0.1, -0.05) is 54.6 Å². The van der Waals surface area contributed by atoms with E-state index in [1.165, 1.54) is 20.9 Å². The van der Waals surface area contributed by atoms with Gasteiger partial charge in [-0.05, 0) is 60.5 Å². The van der Waals surface area contributed by atoms with Crippen LogP contribution in [0.5, 0.6) is 5.75 Å². The number of aromatic nitrogens is 2. The van der Waals surface area contributed by atoms with Crippen LogP contribution in [0.25, 0.3) is 21.5 Å². The number of benzene rings is 4. The molecule has 0 radical (unpaired) electrons. The van der Waals surface area contributed by atoms with E-state index in [4.69, 9.17) is 4.18 Å². The van der Waals surface area contributed by atoms with Gasteiger partial charge >= 0.3 is 10.1 Å². The van der Waals surface area contributed by atoms with Gasteiger partial charge in [-0.15, -0.1) is 0 Å². The van der Waals surface area contributed by atoms with E-state index in [1.54, 1.807) is 117 Å². The maximum atomic E-state index is 14.3. The minimum absolute atomic E-state index is 0.0225. The molecule has 1 aliphatic heterocycles. The van der Waals surface area contributed by atoms with E-state index in [0.29, 0.717) is 41.2 Å².